The first kappa shape index (κ1) is 28.6. The Morgan fingerprint density at radius 1 is 0.850 bits per heavy atom. The zero-order valence-corrected chi connectivity index (χ0v) is 22.0. The van der Waals surface area contributed by atoms with E-state index < -0.39 is 40.0 Å². The Bertz CT molecular complexity index is 1730. The number of carbonyl (C=O) groups is 1. The van der Waals surface area contributed by atoms with Crippen molar-refractivity contribution in [3.63, 3.8) is 0 Å². The van der Waals surface area contributed by atoms with Crippen LogP contribution in [0.15, 0.2) is 71.6 Å². The molecule has 4 rings (SSSR count). The van der Waals surface area contributed by atoms with Crippen LogP contribution in [0.1, 0.15) is 15.9 Å². The molecule has 4 aromatic carbocycles. The molecule has 1 amide bonds. The van der Waals surface area contributed by atoms with Crippen molar-refractivity contribution >= 4 is 21.6 Å². The second kappa shape index (κ2) is 11.4. The number of aliphatic hydroxyl groups excluding tert-OH is 1. The van der Waals surface area contributed by atoms with E-state index in [4.69, 9.17) is 14.6 Å². The van der Waals surface area contributed by atoms with Crippen LogP contribution in [-0.4, -0.2) is 33.7 Å². The Hall–Kier alpha value is -4.39. The maximum Gasteiger partial charge on any atom is 0.255 e. The second-order valence-corrected chi connectivity index (χ2v) is 10.1. The van der Waals surface area contributed by atoms with Gasteiger partial charge >= 0.3 is 0 Å². The van der Waals surface area contributed by atoms with Crippen LogP contribution in [-0.2, 0) is 16.6 Å². The van der Waals surface area contributed by atoms with Gasteiger partial charge in [0.25, 0.3) is 5.91 Å². The third kappa shape index (κ3) is 5.64. The number of anilines is 1. The number of rotatable bonds is 8. The van der Waals surface area contributed by atoms with Gasteiger partial charge in [0.15, 0.2) is 17.5 Å². The molecule has 0 fully saturated rings. The number of sulfonamides is 1. The number of nitrogens with two attached hydrogens (primary N) is 1. The fourth-order valence-electron chi connectivity index (χ4n) is 4.15. The number of halogens is 3. The highest BCUT2D eigenvalue weighted by Gasteiger charge is 2.21. The average molecular weight is 573 g/mol. The summed E-state index contributed by atoms with van der Waals surface area (Å²) in [5.41, 5.74) is 1.35. The lowest BCUT2D eigenvalue weighted by Gasteiger charge is -2.17. The molecule has 0 aliphatic heterocycles. The minimum Gasteiger partial charge on any atom is -0.497 e. The number of ether oxygens (including phenoxy) is 2. The van der Waals surface area contributed by atoms with E-state index in [0.29, 0.717) is 16.9 Å². The number of aliphatic hydroxyl groups is 1. The lowest BCUT2D eigenvalue weighted by Crippen LogP contribution is -2.15. The summed E-state index contributed by atoms with van der Waals surface area (Å²) in [5, 5.41) is 17.9. The normalized spacial score (nSPS) is 11.3. The minimum atomic E-state index is -4.05. The molecule has 0 radical (unpaired) electrons. The molecule has 0 aromatic heterocycles. The molecule has 0 aliphatic rings. The smallest absolute Gasteiger partial charge is 0.255 e. The van der Waals surface area contributed by atoms with Gasteiger partial charge in [-0.25, -0.2) is 26.7 Å². The number of amides is 1. The molecule has 4 N–H and O–H groups in total. The minimum absolute atomic E-state index is 0.0665. The van der Waals surface area contributed by atoms with E-state index in [2.05, 4.69) is 5.32 Å². The molecular weight excluding hydrogens is 549 g/mol. The Morgan fingerprint density at radius 2 is 1.55 bits per heavy atom. The van der Waals surface area contributed by atoms with E-state index in [0.717, 1.165) is 12.1 Å². The van der Waals surface area contributed by atoms with Gasteiger partial charge in [-0.1, -0.05) is 12.1 Å². The number of primary sulfonamides is 1. The van der Waals surface area contributed by atoms with Crippen LogP contribution < -0.4 is 19.9 Å². The van der Waals surface area contributed by atoms with Gasteiger partial charge in [-0.3, -0.25) is 4.79 Å². The van der Waals surface area contributed by atoms with E-state index >= 15 is 0 Å². The van der Waals surface area contributed by atoms with Crippen LogP contribution in [0.4, 0.5) is 18.9 Å². The van der Waals surface area contributed by atoms with Gasteiger partial charge in [-0.15, -0.1) is 0 Å². The maximum absolute atomic E-state index is 14.8. The molecule has 208 valence electrons. The topological polar surface area (TPSA) is 128 Å². The number of methoxy groups -OCH3 is 2. The van der Waals surface area contributed by atoms with Crippen molar-refractivity contribution in [3.8, 4) is 33.8 Å². The van der Waals surface area contributed by atoms with E-state index in [9.17, 15) is 31.5 Å². The third-order valence-corrected chi connectivity index (χ3v) is 7.06. The van der Waals surface area contributed by atoms with Crippen molar-refractivity contribution in [2.75, 3.05) is 19.5 Å². The van der Waals surface area contributed by atoms with Gasteiger partial charge in [0.05, 0.1) is 20.8 Å². The van der Waals surface area contributed by atoms with Crippen molar-refractivity contribution in [1.82, 2.24) is 0 Å². The fourth-order valence-corrected chi connectivity index (χ4v) is 4.83. The summed E-state index contributed by atoms with van der Waals surface area (Å²) in [6, 6.07) is 14.7. The van der Waals surface area contributed by atoms with Gasteiger partial charge in [0.2, 0.25) is 10.0 Å². The van der Waals surface area contributed by atoms with E-state index in [1.807, 2.05) is 0 Å². The SMILES string of the molecule is COc1ccc(-c2ccc(C(=O)Nc3ccc(S(N)(=O)=O)c(OC)c3)cc2CO)c(-c2ccc(F)c(F)c2F)c1. The predicted molar refractivity (Wildman–Crippen MR) is 142 cm³/mol. The first-order valence-corrected chi connectivity index (χ1v) is 13.1. The predicted octanol–water partition coefficient (Wildman–Crippen LogP) is 4.85. The Morgan fingerprint density at radius 3 is 2.20 bits per heavy atom. The molecule has 0 heterocycles. The van der Waals surface area contributed by atoms with E-state index in [1.165, 1.54) is 56.7 Å². The molecule has 0 bridgehead atoms. The Labute approximate surface area is 227 Å². The number of carbonyl (C=O) groups excluding carboxylic acids is 1. The monoisotopic (exact) mass is 572 g/mol. The van der Waals surface area contributed by atoms with Crippen molar-refractivity contribution in [2.45, 2.75) is 11.5 Å². The standard InChI is InChI=1S/C28H23F3N2O6S/c1-38-18-5-7-20(22(13-18)21-8-9-23(29)27(31)26(21)30)19-6-3-15(11-16(19)14-34)28(35)33-17-4-10-25(40(32,36)37)24(12-17)39-2/h3-13,34H,14H2,1-2H3,(H,33,35)(H2,32,36,37). The molecule has 0 aliphatic carbocycles. The van der Waals surface area contributed by atoms with Crippen molar-refractivity contribution in [2.24, 2.45) is 5.14 Å². The van der Waals surface area contributed by atoms with Crippen molar-refractivity contribution < 1.29 is 41.0 Å². The summed E-state index contributed by atoms with van der Waals surface area (Å²) in [6.07, 6.45) is 0. The highest BCUT2D eigenvalue weighted by Crippen LogP contribution is 2.39. The molecule has 0 spiro atoms. The molecule has 8 nitrogen and oxygen atoms in total. The summed E-state index contributed by atoms with van der Waals surface area (Å²) in [4.78, 5) is 12.7. The van der Waals surface area contributed by atoms with Gasteiger partial charge in [0.1, 0.15) is 16.4 Å². The molecule has 0 atom stereocenters. The molecule has 0 saturated carbocycles. The summed E-state index contributed by atoms with van der Waals surface area (Å²) in [5.74, 6) is -4.69. The third-order valence-electron chi connectivity index (χ3n) is 6.11. The van der Waals surface area contributed by atoms with Crippen LogP contribution in [0.5, 0.6) is 11.5 Å². The largest absolute Gasteiger partial charge is 0.497 e. The molecular formula is C28H23F3N2O6S. The summed E-state index contributed by atoms with van der Waals surface area (Å²) >= 11 is 0. The van der Waals surface area contributed by atoms with E-state index in [1.54, 1.807) is 12.1 Å². The van der Waals surface area contributed by atoms with Crippen molar-refractivity contribution in [1.29, 1.82) is 0 Å². The summed E-state index contributed by atoms with van der Waals surface area (Å²) in [6.45, 7) is -0.515. The zero-order valence-electron chi connectivity index (χ0n) is 21.2. The quantitative estimate of drug-likeness (QED) is 0.259. The number of hydrogen-bond donors (Lipinski definition) is 3. The number of hydrogen-bond acceptors (Lipinski definition) is 6. The number of nitrogens with one attached hydrogen (secondary N) is 1. The lowest BCUT2D eigenvalue weighted by atomic mass is 9.90. The highest BCUT2D eigenvalue weighted by molar-refractivity contribution is 7.89. The van der Waals surface area contributed by atoms with Crippen LogP contribution in [0.25, 0.3) is 22.3 Å². The van der Waals surface area contributed by atoms with Crippen LogP contribution in [0.2, 0.25) is 0 Å². The summed E-state index contributed by atoms with van der Waals surface area (Å²) < 4.78 is 76.2. The van der Waals surface area contributed by atoms with Crippen molar-refractivity contribution in [3.05, 3.63) is 95.3 Å². The molecule has 40 heavy (non-hydrogen) atoms. The first-order chi connectivity index (χ1) is 19.0. The van der Waals surface area contributed by atoms with Gasteiger partial charge in [-0.2, -0.15) is 0 Å². The molecule has 0 saturated heterocycles. The van der Waals surface area contributed by atoms with Crippen LogP contribution in [0.3, 0.4) is 0 Å². The zero-order chi connectivity index (χ0) is 29.2. The fraction of sp³-hybridized carbons (Fsp3) is 0.107. The van der Waals surface area contributed by atoms with Gasteiger partial charge in [-0.05, 0) is 70.8 Å². The second-order valence-electron chi connectivity index (χ2n) is 8.53. The first-order valence-electron chi connectivity index (χ1n) is 11.6. The molecule has 12 heteroatoms. The Balaban J connectivity index is 1.74. The molecule has 4 aromatic rings. The maximum atomic E-state index is 14.8. The lowest BCUT2D eigenvalue weighted by molar-refractivity contribution is 0.102. The van der Waals surface area contributed by atoms with Crippen LogP contribution in [0, 0.1) is 17.5 Å². The highest BCUT2D eigenvalue weighted by atomic mass is 32.2. The average Bonchev–Trinajstić information content (AvgIpc) is 2.94. The number of benzene rings is 4. The Kier molecular flexibility index (Phi) is 8.14. The summed E-state index contributed by atoms with van der Waals surface area (Å²) in [7, 11) is -1.41. The van der Waals surface area contributed by atoms with E-state index in [-0.39, 0.29) is 38.6 Å². The van der Waals surface area contributed by atoms with Gasteiger partial charge < -0.3 is 19.9 Å². The van der Waals surface area contributed by atoms with Crippen LogP contribution >= 0.6 is 0 Å². The van der Waals surface area contributed by atoms with Gasteiger partial charge in [0, 0.05) is 22.9 Å². The molecule has 0 unspecified atom stereocenters.